The van der Waals surface area contributed by atoms with Gasteiger partial charge in [0.05, 0.1) is 5.75 Å². The van der Waals surface area contributed by atoms with Crippen LogP contribution in [-0.2, 0) is 14.3 Å². The van der Waals surface area contributed by atoms with E-state index in [1.54, 1.807) is 0 Å². The normalized spacial score (nSPS) is 10.7. The molecule has 0 bridgehead atoms. The van der Waals surface area contributed by atoms with Gasteiger partial charge in [-0.15, -0.1) is 0 Å². The second-order valence-electron chi connectivity index (χ2n) is 1.59. The van der Waals surface area contributed by atoms with Gasteiger partial charge in [-0.2, -0.15) is 8.42 Å². The predicted octanol–water partition coefficient (Wildman–Crippen LogP) is -4.22. The minimum absolute atomic E-state index is 0. The quantitative estimate of drug-likeness (QED) is 0.273. The number of aliphatic hydroxyl groups is 2. The molecule has 0 aliphatic heterocycles. The topological polar surface area (TPSA) is 83.8 Å². The molecule has 0 saturated heterocycles. The molecule has 0 radical (unpaired) electrons. The van der Waals surface area contributed by atoms with Crippen LogP contribution in [0.15, 0.2) is 0 Å². The Labute approximate surface area is 110 Å². The van der Waals surface area contributed by atoms with E-state index in [-0.39, 0.29) is 71.6 Å². The standard InChI is InChI=1S/C4H10O5S.K.H/c5-2-1-3-10(7,8)9-4-6;;/h5-6H,1-4H2;;/q;+1;-1. The van der Waals surface area contributed by atoms with Crippen molar-refractivity contribution >= 4 is 10.1 Å². The average Bonchev–Trinajstić information content (AvgIpc) is 1.84. The van der Waals surface area contributed by atoms with Crippen LogP contribution in [0.2, 0.25) is 0 Å². The van der Waals surface area contributed by atoms with Gasteiger partial charge in [0, 0.05) is 6.61 Å². The third-order valence-electron chi connectivity index (χ3n) is 0.785. The molecule has 0 saturated carbocycles. The van der Waals surface area contributed by atoms with E-state index in [4.69, 9.17) is 10.2 Å². The molecule has 64 valence electrons. The zero-order chi connectivity index (χ0) is 8.04. The number of hydrogen-bond donors (Lipinski definition) is 2. The Morgan fingerprint density at radius 3 is 2.27 bits per heavy atom. The summed E-state index contributed by atoms with van der Waals surface area (Å²) < 4.78 is 24.9. The summed E-state index contributed by atoms with van der Waals surface area (Å²) in [5.74, 6) is -0.260. The Morgan fingerprint density at radius 2 is 1.91 bits per heavy atom. The van der Waals surface area contributed by atoms with E-state index in [1.807, 2.05) is 0 Å². The molecule has 0 amide bonds. The summed E-state index contributed by atoms with van der Waals surface area (Å²) in [5.41, 5.74) is 0. The first-order valence-electron chi connectivity index (χ1n) is 2.71. The fourth-order valence-electron chi connectivity index (χ4n) is 0.381. The molecule has 0 aromatic carbocycles. The zero-order valence-electron chi connectivity index (χ0n) is 7.36. The smallest absolute Gasteiger partial charge is 1.00 e. The van der Waals surface area contributed by atoms with Crippen LogP contribution < -0.4 is 51.4 Å². The van der Waals surface area contributed by atoms with Gasteiger partial charge < -0.3 is 11.6 Å². The molecule has 7 heteroatoms. The maximum absolute atomic E-state index is 10.5. The van der Waals surface area contributed by atoms with Crippen LogP contribution in [0.1, 0.15) is 7.85 Å². The van der Waals surface area contributed by atoms with Crippen molar-refractivity contribution in [3.05, 3.63) is 0 Å². The molecule has 0 aliphatic rings. The molecule has 5 nitrogen and oxygen atoms in total. The van der Waals surface area contributed by atoms with Crippen molar-refractivity contribution in [2.75, 3.05) is 19.2 Å². The van der Waals surface area contributed by atoms with Crippen LogP contribution in [0.4, 0.5) is 0 Å². The minimum atomic E-state index is -3.60. The number of hydrogen-bond acceptors (Lipinski definition) is 5. The Bertz CT molecular complexity index is 170. The zero-order valence-corrected chi connectivity index (χ0v) is 10.3. The van der Waals surface area contributed by atoms with Crippen molar-refractivity contribution in [2.45, 2.75) is 6.42 Å². The summed E-state index contributed by atoms with van der Waals surface area (Å²) in [4.78, 5) is 0. The second kappa shape index (κ2) is 8.08. The Morgan fingerprint density at radius 1 is 1.36 bits per heavy atom. The number of rotatable bonds is 5. The summed E-state index contributed by atoms with van der Waals surface area (Å²) in [6, 6.07) is 0. The summed E-state index contributed by atoms with van der Waals surface area (Å²) in [6.45, 7) is -1.04. The Hall–Kier alpha value is 1.47. The molecule has 0 rings (SSSR count). The Kier molecular flexibility index (Phi) is 11.0. The van der Waals surface area contributed by atoms with Crippen LogP contribution in [0.3, 0.4) is 0 Å². The largest absolute Gasteiger partial charge is 1.00 e. The van der Waals surface area contributed by atoms with Crippen molar-refractivity contribution in [3.8, 4) is 0 Å². The minimum Gasteiger partial charge on any atom is -1.00 e. The third-order valence-corrected chi connectivity index (χ3v) is 2.04. The van der Waals surface area contributed by atoms with Gasteiger partial charge in [-0.3, -0.25) is 0 Å². The van der Waals surface area contributed by atoms with Gasteiger partial charge in [0.25, 0.3) is 10.1 Å². The molecule has 0 spiro atoms. The van der Waals surface area contributed by atoms with Crippen LogP contribution >= 0.6 is 0 Å². The van der Waals surface area contributed by atoms with Crippen LogP contribution in [0, 0.1) is 0 Å². The van der Waals surface area contributed by atoms with E-state index in [0.29, 0.717) is 0 Å². The second-order valence-corrected chi connectivity index (χ2v) is 3.35. The summed E-state index contributed by atoms with van der Waals surface area (Å²) >= 11 is 0. The number of aliphatic hydroxyl groups excluding tert-OH is 2. The van der Waals surface area contributed by atoms with Gasteiger partial charge in [-0.25, -0.2) is 4.18 Å². The van der Waals surface area contributed by atoms with Crippen molar-refractivity contribution < 1.29 is 75.6 Å². The monoisotopic (exact) mass is 210 g/mol. The van der Waals surface area contributed by atoms with Gasteiger partial charge in [0.1, 0.15) is 0 Å². The predicted molar refractivity (Wildman–Crippen MR) is 34.8 cm³/mol. The maximum Gasteiger partial charge on any atom is 1.00 e. The SMILES string of the molecule is O=S(=O)(CCCO)OCO.[H-].[K+]. The average molecular weight is 210 g/mol. The summed E-state index contributed by atoms with van der Waals surface area (Å²) in [6.07, 6.45) is 0.127. The van der Waals surface area contributed by atoms with E-state index >= 15 is 0 Å². The molecule has 0 aromatic heterocycles. The van der Waals surface area contributed by atoms with Gasteiger partial charge in [0.15, 0.2) is 6.79 Å². The van der Waals surface area contributed by atoms with Gasteiger partial charge in [-0.05, 0) is 6.42 Å². The molecule has 0 unspecified atom stereocenters. The molecule has 0 aromatic rings. The molecule has 11 heavy (non-hydrogen) atoms. The fraction of sp³-hybridized carbons (Fsp3) is 1.00. The molecule has 0 atom stereocenters. The van der Waals surface area contributed by atoms with Crippen molar-refractivity contribution in [1.29, 1.82) is 0 Å². The van der Waals surface area contributed by atoms with E-state index in [9.17, 15) is 8.42 Å². The van der Waals surface area contributed by atoms with E-state index in [0.717, 1.165) is 0 Å². The van der Waals surface area contributed by atoms with Crippen molar-refractivity contribution in [2.24, 2.45) is 0 Å². The van der Waals surface area contributed by atoms with Crippen LogP contribution in [-0.4, -0.2) is 37.8 Å². The van der Waals surface area contributed by atoms with E-state index < -0.39 is 16.9 Å². The first-order chi connectivity index (χ1) is 4.62. The molecule has 2 N–H and O–H groups in total. The molecule has 0 fully saturated rings. The van der Waals surface area contributed by atoms with Gasteiger partial charge in [0.2, 0.25) is 0 Å². The molecule has 0 aliphatic carbocycles. The van der Waals surface area contributed by atoms with Gasteiger partial charge >= 0.3 is 51.4 Å². The van der Waals surface area contributed by atoms with Crippen molar-refractivity contribution in [1.82, 2.24) is 0 Å². The first-order valence-corrected chi connectivity index (χ1v) is 4.29. The van der Waals surface area contributed by atoms with Crippen molar-refractivity contribution in [3.63, 3.8) is 0 Å². The summed E-state index contributed by atoms with van der Waals surface area (Å²) in [7, 11) is -3.60. The van der Waals surface area contributed by atoms with Crippen LogP contribution in [0.25, 0.3) is 0 Å². The molecular weight excluding hydrogens is 199 g/mol. The molecular formula is C4H11KO5S. The fourth-order valence-corrected chi connectivity index (χ4v) is 1.14. The summed E-state index contributed by atoms with van der Waals surface area (Å²) in [5, 5.41) is 16.3. The Balaban J connectivity index is -0.000000405. The van der Waals surface area contributed by atoms with Crippen LogP contribution in [0.5, 0.6) is 0 Å². The maximum atomic E-state index is 10.5. The van der Waals surface area contributed by atoms with E-state index in [1.165, 1.54) is 0 Å². The third kappa shape index (κ3) is 9.38. The van der Waals surface area contributed by atoms with E-state index in [2.05, 4.69) is 4.18 Å². The molecule has 0 heterocycles. The first kappa shape index (κ1) is 15.0. The van der Waals surface area contributed by atoms with Gasteiger partial charge in [-0.1, -0.05) is 0 Å².